The van der Waals surface area contributed by atoms with Gasteiger partial charge in [-0.05, 0) is 86.4 Å². The molecule has 3 N–H and O–H groups in total. The molecule has 1 atom stereocenters. The van der Waals surface area contributed by atoms with Gasteiger partial charge >= 0.3 is 30.1 Å². The topological polar surface area (TPSA) is 228 Å². The standard InChI is InChI=1S/C39H52N6O12S/c1-11-19-52-30(46)20-27-26(21-45(43-27)18-12-17-40-35(50)55-38(5,6)7)24-13-15-25(16-14-24)53-22-29(33(49)54-37(2,3)4)57-44-31(32(47)48)28-23-58-34(41-28)42-36(51)56-39(8,9)10/h11,13-16,21,23,29H,1,12,17-20,22H2,2-10H3,(H,40,50)(H,47,48)(H,41,42,51)/b44-31-. The number of thiazole rings is 1. The van der Waals surface area contributed by atoms with Gasteiger partial charge in [0.15, 0.2) is 5.13 Å². The number of carbonyl (C=O) groups excluding carboxylic acids is 4. The number of esters is 2. The first-order valence-corrected chi connectivity index (χ1v) is 19.1. The Bertz CT molecular complexity index is 1930. The second-order valence-electron chi connectivity index (χ2n) is 15.6. The number of alkyl carbamates (subject to hydrolysis) is 1. The van der Waals surface area contributed by atoms with Gasteiger partial charge in [-0.3, -0.25) is 14.8 Å². The summed E-state index contributed by atoms with van der Waals surface area (Å²) in [6.07, 6.45) is 0.848. The minimum absolute atomic E-state index is 0.0489. The van der Waals surface area contributed by atoms with Crippen molar-refractivity contribution in [3.8, 4) is 16.9 Å². The Morgan fingerprint density at radius 1 is 0.948 bits per heavy atom. The average molecular weight is 829 g/mol. The van der Waals surface area contributed by atoms with Gasteiger partial charge < -0.3 is 38.9 Å². The molecular weight excluding hydrogens is 777 g/mol. The minimum Gasteiger partial charge on any atom is -0.489 e. The lowest BCUT2D eigenvalue weighted by molar-refractivity contribution is -0.170. The van der Waals surface area contributed by atoms with Crippen LogP contribution in [0.1, 0.15) is 80.1 Å². The lowest BCUT2D eigenvalue weighted by Gasteiger charge is -2.23. The zero-order valence-corrected chi connectivity index (χ0v) is 35.0. The second kappa shape index (κ2) is 20.4. The number of nitrogens with zero attached hydrogens (tertiary/aromatic N) is 4. The fourth-order valence-corrected chi connectivity index (χ4v) is 5.27. The first-order valence-electron chi connectivity index (χ1n) is 18.2. The van der Waals surface area contributed by atoms with Gasteiger partial charge in [-0.25, -0.2) is 24.2 Å². The third kappa shape index (κ3) is 16.6. The van der Waals surface area contributed by atoms with E-state index < -0.39 is 65.3 Å². The summed E-state index contributed by atoms with van der Waals surface area (Å²) in [6, 6.07) is 6.72. The maximum Gasteiger partial charge on any atom is 0.413 e. The number of amides is 2. The molecule has 0 radical (unpaired) electrons. The molecule has 0 saturated heterocycles. The van der Waals surface area contributed by atoms with E-state index in [0.29, 0.717) is 42.1 Å². The lowest BCUT2D eigenvalue weighted by Crippen LogP contribution is -2.37. The number of oxime groups is 1. The number of carboxylic acids is 1. The van der Waals surface area contributed by atoms with Crippen molar-refractivity contribution >= 4 is 52.3 Å². The summed E-state index contributed by atoms with van der Waals surface area (Å²) >= 11 is 0.931. The molecule has 0 bridgehead atoms. The fourth-order valence-electron chi connectivity index (χ4n) is 4.59. The highest BCUT2D eigenvalue weighted by atomic mass is 32.1. The number of anilines is 1. The lowest BCUT2D eigenvalue weighted by atomic mass is 10.0. The van der Waals surface area contributed by atoms with Crippen LogP contribution in [0.3, 0.4) is 0 Å². The van der Waals surface area contributed by atoms with Crippen molar-refractivity contribution in [2.24, 2.45) is 5.16 Å². The monoisotopic (exact) mass is 828 g/mol. The van der Waals surface area contributed by atoms with Crippen LogP contribution < -0.4 is 15.4 Å². The van der Waals surface area contributed by atoms with E-state index in [2.05, 4.69) is 32.5 Å². The maximum atomic E-state index is 13.2. The Kier molecular flexibility index (Phi) is 16.4. The number of benzene rings is 1. The Labute approximate surface area is 340 Å². The van der Waals surface area contributed by atoms with Gasteiger partial charge in [0.1, 0.15) is 41.5 Å². The summed E-state index contributed by atoms with van der Waals surface area (Å²) in [5.74, 6) is -2.56. The van der Waals surface area contributed by atoms with E-state index >= 15 is 0 Å². The number of rotatable bonds is 18. The summed E-state index contributed by atoms with van der Waals surface area (Å²) in [7, 11) is 0. The van der Waals surface area contributed by atoms with Crippen molar-refractivity contribution in [2.75, 3.05) is 25.1 Å². The normalized spacial score (nSPS) is 12.5. The summed E-state index contributed by atoms with van der Waals surface area (Å²) in [6.45, 7) is 19.3. The zero-order valence-electron chi connectivity index (χ0n) is 34.2. The molecule has 2 aromatic heterocycles. The molecule has 1 aromatic carbocycles. The molecule has 316 valence electrons. The Morgan fingerprint density at radius 3 is 2.19 bits per heavy atom. The van der Waals surface area contributed by atoms with E-state index in [-0.39, 0.29) is 23.9 Å². The largest absolute Gasteiger partial charge is 0.489 e. The molecule has 2 amide bonds. The van der Waals surface area contributed by atoms with Crippen molar-refractivity contribution in [3.63, 3.8) is 0 Å². The smallest absolute Gasteiger partial charge is 0.413 e. The Morgan fingerprint density at radius 2 is 1.59 bits per heavy atom. The van der Waals surface area contributed by atoms with Gasteiger partial charge in [0, 0.05) is 30.2 Å². The molecule has 0 fully saturated rings. The van der Waals surface area contributed by atoms with Crippen LogP contribution in [0.4, 0.5) is 14.7 Å². The number of aliphatic carboxylic acids is 1. The molecule has 3 aromatic rings. The van der Waals surface area contributed by atoms with E-state index in [1.165, 1.54) is 11.5 Å². The van der Waals surface area contributed by atoms with Crippen molar-refractivity contribution < 1.29 is 57.6 Å². The van der Waals surface area contributed by atoms with Crippen LogP contribution in [0.15, 0.2) is 53.7 Å². The van der Waals surface area contributed by atoms with Gasteiger partial charge in [-0.2, -0.15) is 5.10 Å². The number of aryl methyl sites for hydroxylation is 1. The molecule has 0 saturated carbocycles. The van der Waals surface area contributed by atoms with Crippen LogP contribution in [-0.4, -0.2) is 98.3 Å². The average Bonchev–Trinajstić information content (AvgIpc) is 3.71. The third-order valence-electron chi connectivity index (χ3n) is 6.81. The maximum absolute atomic E-state index is 13.2. The van der Waals surface area contributed by atoms with Crippen LogP contribution >= 0.6 is 11.3 Å². The van der Waals surface area contributed by atoms with Crippen LogP contribution in [0.2, 0.25) is 0 Å². The summed E-state index contributed by atoms with van der Waals surface area (Å²) < 4.78 is 28.7. The number of hydrogen-bond donors (Lipinski definition) is 3. The number of aromatic nitrogens is 3. The molecule has 2 heterocycles. The number of carboxylic acid groups (broad SMARTS) is 1. The number of carbonyl (C=O) groups is 5. The van der Waals surface area contributed by atoms with Crippen LogP contribution in [-0.2, 0) is 51.1 Å². The minimum atomic E-state index is -1.51. The van der Waals surface area contributed by atoms with E-state index in [4.69, 9.17) is 28.5 Å². The molecule has 0 spiro atoms. The van der Waals surface area contributed by atoms with Gasteiger partial charge in [0.05, 0.1) is 12.1 Å². The van der Waals surface area contributed by atoms with Gasteiger partial charge in [-0.15, -0.1) is 11.3 Å². The quantitative estimate of drug-likeness (QED) is 0.0327. The van der Waals surface area contributed by atoms with Crippen molar-refractivity contribution in [2.45, 2.75) is 105 Å². The Hall–Kier alpha value is -5.98. The predicted octanol–water partition coefficient (Wildman–Crippen LogP) is 6.13. The third-order valence-corrected chi connectivity index (χ3v) is 7.57. The highest BCUT2D eigenvalue weighted by molar-refractivity contribution is 7.14. The summed E-state index contributed by atoms with van der Waals surface area (Å²) in [5, 5.41) is 24.7. The highest BCUT2D eigenvalue weighted by Gasteiger charge is 2.30. The predicted molar refractivity (Wildman–Crippen MR) is 214 cm³/mol. The first kappa shape index (κ1) is 46.4. The van der Waals surface area contributed by atoms with E-state index in [1.54, 1.807) is 97.5 Å². The molecule has 0 aliphatic heterocycles. The Balaban J connectivity index is 1.78. The molecular formula is C39H52N6O12S. The van der Waals surface area contributed by atoms with Crippen LogP contribution in [0.25, 0.3) is 11.1 Å². The van der Waals surface area contributed by atoms with E-state index in [0.717, 1.165) is 11.3 Å². The molecule has 19 heteroatoms. The molecule has 1 unspecified atom stereocenters. The molecule has 0 aliphatic rings. The molecule has 0 aliphatic carbocycles. The van der Waals surface area contributed by atoms with Gasteiger partial charge in [0.25, 0.3) is 6.10 Å². The van der Waals surface area contributed by atoms with E-state index in [1.807, 2.05) is 0 Å². The molecule has 58 heavy (non-hydrogen) atoms. The zero-order chi connectivity index (χ0) is 43.3. The molecule has 3 rings (SSSR count). The SMILES string of the molecule is C=CCOC(=O)Cc1nn(CCCNC(=O)OC(C)(C)C)cc1-c1ccc(OCC(O/N=C(\C(=O)O)c2csc(NC(=O)OC(C)(C)C)n2)C(=O)OC(C)(C)C)cc1. The van der Waals surface area contributed by atoms with Crippen molar-refractivity contribution in [3.05, 3.63) is 59.9 Å². The highest BCUT2D eigenvalue weighted by Crippen LogP contribution is 2.27. The first-order chi connectivity index (χ1) is 27.0. The molecule has 18 nitrogen and oxygen atoms in total. The van der Waals surface area contributed by atoms with Crippen molar-refractivity contribution in [1.29, 1.82) is 0 Å². The van der Waals surface area contributed by atoms with Gasteiger partial charge in [-0.1, -0.05) is 29.9 Å². The van der Waals surface area contributed by atoms with Crippen LogP contribution in [0, 0.1) is 0 Å². The summed E-state index contributed by atoms with van der Waals surface area (Å²) in [5.41, 5.74) is -1.30. The number of hydrogen-bond acceptors (Lipinski definition) is 15. The number of ether oxygens (including phenoxy) is 5. The second-order valence-corrected chi connectivity index (χ2v) is 16.4. The van der Waals surface area contributed by atoms with Crippen LogP contribution in [0.5, 0.6) is 5.75 Å². The van der Waals surface area contributed by atoms with E-state index in [9.17, 15) is 29.1 Å². The summed E-state index contributed by atoms with van der Waals surface area (Å²) in [4.78, 5) is 71.6. The van der Waals surface area contributed by atoms with Gasteiger partial charge in [0.2, 0.25) is 5.71 Å². The van der Waals surface area contributed by atoms with Crippen molar-refractivity contribution in [1.82, 2.24) is 20.1 Å². The fraction of sp³-hybridized carbons (Fsp3) is 0.487. The number of nitrogens with one attached hydrogen (secondary N) is 2.